The zero-order valence-corrected chi connectivity index (χ0v) is 16.1. The van der Waals surface area contributed by atoms with E-state index in [1.807, 2.05) is 32.0 Å². The molecule has 7 heteroatoms. The number of nitrogens with one attached hydrogen (secondary N) is 2. The molecule has 2 N–H and O–H groups in total. The van der Waals surface area contributed by atoms with Gasteiger partial charge in [-0.05, 0) is 43.7 Å². The maximum absolute atomic E-state index is 12.4. The monoisotopic (exact) mass is 404 g/mol. The van der Waals surface area contributed by atoms with Crippen LogP contribution in [0.4, 0.5) is 5.69 Å². The number of halogens is 4. The largest absolute Gasteiger partial charge is 0.362 e. The molecule has 0 unspecified atom stereocenters. The minimum atomic E-state index is -1.74. The predicted molar refractivity (Wildman–Crippen MR) is 103 cm³/mol. The zero-order valence-electron chi connectivity index (χ0n) is 13.0. The van der Waals surface area contributed by atoms with Gasteiger partial charge in [0.15, 0.2) is 0 Å². The molecule has 2 aromatic carbocycles. The van der Waals surface area contributed by atoms with Crippen molar-refractivity contribution >= 4 is 58.0 Å². The molecule has 0 heterocycles. The van der Waals surface area contributed by atoms with E-state index in [4.69, 9.17) is 46.4 Å². The van der Waals surface area contributed by atoms with E-state index in [1.54, 1.807) is 24.3 Å². The van der Waals surface area contributed by atoms with E-state index in [0.717, 1.165) is 16.8 Å². The van der Waals surface area contributed by atoms with Crippen molar-refractivity contribution in [1.82, 2.24) is 5.32 Å². The highest BCUT2D eigenvalue weighted by molar-refractivity contribution is 6.68. The molecule has 0 radical (unpaired) electrons. The Labute approximate surface area is 161 Å². The van der Waals surface area contributed by atoms with Crippen LogP contribution in [0.3, 0.4) is 0 Å². The molecule has 0 fully saturated rings. The summed E-state index contributed by atoms with van der Waals surface area (Å²) in [6, 6.07) is 12.3. The molecule has 0 saturated carbocycles. The van der Waals surface area contributed by atoms with Crippen molar-refractivity contribution in [3.63, 3.8) is 0 Å². The number of hydrogen-bond donors (Lipinski definition) is 2. The molecule has 0 aliphatic heterocycles. The van der Waals surface area contributed by atoms with Gasteiger partial charge in [-0.25, -0.2) is 0 Å². The van der Waals surface area contributed by atoms with Crippen LogP contribution >= 0.6 is 46.4 Å². The fraction of sp³-hybridized carbons (Fsp3) is 0.235. The van der Waals surface area contributed by atoms with E-state index in [9.17, 15) is 4.79 Å². The number of alkyl halides is 3. The first-order valence-corrected chi connectivity index (χ1v) is 8.65. The Balaban J connectivity index is 2.21. The van der Waals surface area contributed by atoms with Gasteiger partial charge in [0.05, 0.1) is 0 Å². The van der Waals surface area contributed by atoms with Crippen LogP contribution in [0.5, 0.6) is 0 Å². The third-order valence-electron chi connectivity index (χ3n) is 3.37. The second-order valence-electron chi connectivity index (χ2n) is 5.42. The van der Waals surface area contributed by atoms with Crippen LogP contribution in [-0.4, -0.2) is 15.9 Å². The number of amides is 1. The minimum Gasteiger partial charge on any atom is -0.362 e. The van der Waals surface area contributed by atoms with E-state index in [2.05, 4.69) is 10.6 Å². The average Bonchev–Trinajstić information content (AvgIpc) is 2.48. The van der Waals surface area contributed by atoms with Crippen LogP contribution in [0.25, 0.3) is 0 Å². The molecule has 128 valence electrons. The summed E-state index contributed by atoms with van der Waals surface area (Å²) in [6.45, 7) is 3.92. The summed E-state index contributed by atoms with van der Waals surface area (Å²) in [5.41, 5.74) is 3.24. The molecule has 1 atom stereocenters. The Kier molecular flexibility index (Phi) is 6.27. The Morgan fingerprint density at radius 2 is 1.79 bits per heavy atom. The molecule has 3 nitrogen and oxygen atoms in total. The van der Waals surface area contributed by atoms with E-state index in [0.29, 0.717) is 10.6 Å². The topological polar surface area (TPSA) is 41.1 Å². The van der Waals surface area contributed by atoms with Crippen molar-refractivity contribution in [2.45, 2.75) is 23.8 Å². The first kappa shape index (κ1) is 19.2. The zero-order chi connectivity index (χ0) is 17.9. The van der Waals surface area contributed by atoms with Gasteiger partial charge < -0.3 is 10.6 Å². The summed E-state index contributed by atoms with van der Waals surface area (Å²) in [4.78, 5) is 12.4. The summed E-state index contributed by atoms with van der Waals surface area (Å²) < 4.78 is -1.74. The first-order chi connectivity index (χ1) is 11.2. The van der Waals surface area contributed by atoms with Crippen LogP contribution < -0.4 is 10.6 Å². The van der Waals surface area contributed by atoms with Gasteiger partial charge in [-0.3, -0.25) is 4.79 Å². The van der Waals surface area contributed by atoms with Gasteiger partial charge in [0.25, 0.3) is 5.91 Å². The lowest BCUT2D eigenvalue weighted by Crippen LogP contribution is -2.49. The molecule has 24 heavy (non-hydrogen) atoms. The molecule has 2 aromatic rings. The second kappa shape index (κ2) is 7.83. The highest BCUT2D eigenvalue weighted by Gasteiger charge is 2.34. The molecule has 0 aromatic heterocycles. The van der Waals surface area contributed by atoms with E-state index in [1.165, 1.54) is 0 Å². The first-order valence-electron chi connectivity index (χ1n) is 7.14. The van der Waals surface area contributed by atoms with Crippen molar-refractivity contribution in [2.75, 3.05) is 5.32 Å². The standard InChI is InChI=1S/C17H16Cl4N2O/c1-10-6-7-14(11(2)8-10)22-16(17(19,20)21)23-15(24)12-4-3-5-13(18)9-12/h3-9,16,22H,1-2H3,(H,23,24)/t16-/m1/s1. The maximum atomic E-state index is 12.4. The van der Waals surface area contributed by atoms with Gasteiger partial charge in [-0.2, -0.15) is 0 Å². The quantitative estimate of drug-likeness (QED) is 0.521. The van der Waals surface area contributed by atoms with Crippen LogP contribution in [0.2, 0.25) is 5.02 Å². The van der Waals surface area contributed by atoms with Crippen LogP contribution in [0.1, 0.15) is 21.5 Å². The van der Waals surface area contributed by atoms with Gasteiger partial charge in [0.2, 0.25) is 3.79 Å². The number of hydrogen-bond acceptors (Lipinski definition) is 2. The van der Waals surface area contributed by atoms with Crippen molar-refractivity contribution in [1.29, 1.82) is 0 Å². The lowest BCUT2D eigenvalue weighted by atomic mass is 10.1. The summed E-state index contributed by atoms with van der Waals surface area (Å²) in [7, 11) is 0. The SMILES string of the molecule is Cc1ccc(N[C@H](NC(=O)c2cccc(Cl)c2)C(Cl)(Cl)Cl)c(C)c1. The van der Waals surface area contributed by atoms with Crippen molar-refractivity contribution in [3.05, 3.63) is 64.2 Å². The Hall–Kier alpha value is -1.13. The highest BCUT2D eigenvalue weighted by Crippen LogP contribution is 2.32. The van der Waals surface area contributed by atoms with Crippen LogP contribution in [-0.2, 0) is 0 Å². The molecular formula is C17H16Cl4N2O. The lowest BCUT2D eigenvalue weighted by molar-refractivity contribution is 0.0942. The Morgan fingerprint density at radius 3 is 2.38 bits per heavy atom. The summed E-state index contributed by atoms with van der Waals surface area (Å²) in [6.07, 6.45) is -0.921. The third-order valence-corrected chi connectivity index (χ3v) is 4.26. The number of benzene rings is 2. The summed E-state index contributed by atoms with van der Waals surface area (Å²) in [5, 5.41) is 6.21. The Bertz CT molecular complexity index is 744. The van der Waals surface area contributed by atoms with Crippen LogP contribution in [0, 0.1) is 13.8 Å². The molecule has 0 aliphatic rings. The summed E-state index contributed by atoms with van der Waals surface area (Å²) in [5.74, 6) is -0.397. The molecule has 0 spiro atoms. The number of anilines is 1. The van der Waals surface area contributed by atoms with Gasteiger partial charge in [0.1, 0.15) is 6.17 Å². The third kappa shape index (κ3) is 5.18. The number of aryl methyl sites for hydroxylation is 2. The fourth-order valence-corrected chi connectivity index (χ4v) is 2.69. The van der Waals surface area contributed by atoms with Gasteiger partial charge in [-0.15, -0.1) is 0 Å². The van der Waals surface area contributed by atoms with Crippen LogP contribution in [0.15, 0.2) is 42.5 Å². The Morgan fingerprint density at radius 1 is 1.08 bits per heavy atom. The van der Waals surface area contributed by atoms with Gasteiger partial charge in [-0.1, -0.05) is 70.2 Å². The second-order valence-corrected chi connectivity index (χ2v) is 8.23. The molecule has 0 bridgehead atoms. The van der Waals surface area contributed by atoms with Crippen molar-refractivity contribution in [2.24, 2.45) is 0 Å². The molecule has 1 amide bonds. The smallest absolute Gasteiger partial charge is 0.253 e. The van der Waals surface area contributed by atoms with E-state index in [-0.39, 0.29) is 0 Å². The van der Waals surface area contributed by atoms with E-state index < -0.39 is 15.9 Å². The lowest BCUT2D eigenvalue weighted by Gasteiger charge is -2.28. The number of carbonyl (C=O) groups is 1. The van der Waals surface area contributed by atoms with E-state index >= 15 is 0 Å². The minimum absolute atomic E-state index is 0.379. The predicted octanol–water partition coefficient (Wildman–Crippen LogP) is 5.50. The molecule has 2 rings (SSSR count). The summed E-state index contributed by atoms with van der Waals surface area (Å²) >= 11 is 24.0. The van der Waals surface area contributed by atoms with Crippen molar-refractivity contribution in [3.8, 4) is 0 Å². The van der Waals surface area contributed by atoms with Gasteiger partial charge in [0, 0.05) is 16.3 Å². The van der Waals surface area contributed by atoms with Crippen molar-refractivity contribution < 1.29 is 4.79 Å². The van der Waals surface area contributed by atoms with Gasteiger partial charge >= 0.3 is 0 Å². The fourth-order valence-electron chi connectivity index (χ4n) is 2.17. The number of carbonyl (C=O) groups excluding carboxylic acids is 1. The molecule has 0 saturated heterocycles. The highest BCUT2D eigenvalue weighted by atomic mass is 35.6. The molecular weight excluding hydrogens is 390 g/mol. The average molecular weight is 406 g/mol. The molecule has 0 aliphatic carbocycles. The normalized spacial score (nSPS) is 12.6. The maximum Gasteiger partial charge on any atom is 0.253 e. The number of rotatable bonds is 4.